The Morgan fingerprint density at radius 3 is 2.59 bits per heavy atom. The van der Waals surface area contributed by atoms with Crippen molar-refractivity contribution in [2.24, 2.45) is 5.73 Å². The molecular formula is C24H18N4O4. The summed E-state index contributed by atoms with van der Waals surface area (Å²) in [6, 6.07) is 12.9. The molecule has 8 nitrogen and oxygen atoms in total. The number of benzene rings is 1. The van der Waals surface area contributed by atoms with Gasteiger partial charge in [0.15, 0.2) is 0 Å². The molecule has 158 valence electrons. The van der Waals surface area contributed by atoms with Crippen LogP contribution in [0.4, 0.5) is 0 Å². The largest absolute Gasteiger partial charge is 0.437 e. The number of ether oxygens (including phenoxy) is 1. The first-order valence-electron chi connectivity index (χ1n) is 9.88. The van der Waals surface area contributed by atoms with E-state index in [0.717, 1.165) is 11.1 Å². The van der Waals surface area contributed by atoms with Crippen molar-refractivity contribution in [3.63, 3.8) is 0 Å². The van der Waals surface area contributed by atoms with Gasteiger partial charge in [0.25, 0.3) is 5.91 Å². The first kappa shape index (κ1) is 19.5. The number of amides is 1. The molecule has 0 spiro atoms. The van der Waals surface area contributed by atoms with Gasteiger partial charge in [0.1, 0.15) is 17.1 Å². The quantitative estimate of drug-likeness (QED) is 0.489. The van der Waals surface area contributed by atoms with Crippen molar-refractivity contribution in [2.45, 2.75) is 12.5 Å². The Hall–Kier alpha value is -4.46. The van der Waals surface area contributed by atoms with Gasteiger partial charge in [0.2, 0.25) is 5.60 Å². The van der Waals surface area contributed by atoms with E-state index in [1.165, 1.54) is 12.2 Å². The molecule has 32 heavy (non-hydrogen) atoms. The number of nitrogens with zero attached hydrogens (tertiary/aromatic N) is 3. The molecule has 0 saturated heterocycles. The summed E-state index contributed by atoms with van der Waals surface area (Å²) in [6.07, 6.45) is 9.63. The summed E-state index contributed by atoms with van der Waals surface area (Å²) in [5.41, 5.74) is 7.66. The Kier molecular flexibility index (Phi) is 4.48. The number of nitrogens with two attached hydrogens (primary N) is 1. The normalized spacial score (nSPS) is 14.2. The van der Waals surface area contributed by atoms with Crippen molar-refractivity contribution in [3.05, 3.63) is 90.5 Å². The predicted molar refractivity (Wildman–Crippen MR) is 116 cm³/mol. The number of carbonyl (C=O) groups is 2. The van der Waals surface area contributed by atoms with Crippen molar-refractivity contribution in [1.29, 1.82) is 0 Å². The maximum Gasteiger partial charge on any atom is 0.340 e. The number of fused-ring (bicyclic) bond motifs is 1. The molecule has 3 heterocycles. The van der Waals surface area contributed by atoms with Crippen LogP contribution in [0.15, 0.2) is 83.7 Å². The average molecular weight is 426 g/mol. The molecule has 3 aromatic heterocycles. The SMILES string of the molecule is Cc1onc(-c2ccccc2)c1-c1cn2ccc(C(=O)OC3(C(N)=O)C=CC=C3)cc2n1. The predicted octanol–water partition coefficient (Wildman–Crippen LogP) is 3.47. The first-order valence-corrected chi connectivity index (χ1v) is 9.88. The minimum absolute atomic E-state index is 0.245. The van der Waals surface area contributed by atoms with Crippen LogP contribution in [-0.2, 0) is 9.53 Å². The van der Waals surface area contributed by atoms with Crippen LogP contribution >= 0.6 is 0 Å². The molecule has 1 aliphatic carbocycles. The molecule has 0 bridgehead atoms. The lowest BCUT2D eigenvalue weighted by Gasteiger charge is -2.21. The van der Waals surface area contributed by atoms with Gasteiger partial charge < -0.3 is 19.4 Å². The highest BCUT2D eigenvalue weighted by molar-refractivity contribution is 5.97. The van der Waals surface area contributed by atoms with Crippen LogP contribution in [0.25, 0.3) is 28.2 Å². The number of allylic oxidation sites excluding steroid dienone is 2. The number of aromatic nitrogens is 3. The fourth-order valence-corrected chi connectivity index (χ4v) is 3.64. The van der Waals surface area contributed by atoms with Gasteiger partial charge in [-0.3, -0.25) is 4.79 Å². The third kappa shape index (κ3) is 3.18. The Bertz CT molecular complexity index is 1400. The summed E-state index contributed by atoms with van der Waals surface area (Å²) >= 11 is 0. The zero-order valence-corrected chi connectivity index (χ0v) is 17.1. The summed E-state index contributed by atoms with van der Waals surface area (Å²) in [6.45, 7) is 1.83. The van der Waals surface area contributed by atoms with Gasteiger partial charge in [0.05, 0.1) is 16.8 Å². The Balaban J connectivity index is 1.50. The van der Waals surface area contributed by atoms with Crippen LogP contribution in [0.5, 0.6) is 0 Å². The molecule has 0 radical (unpaired) electrons. The van der Waals surface area contributed by atoms with Crippen LogP contribution in [0.1, 0.15) is 16.1 Å². The highest BCUT2D eigenvalue weighted by Gasteiger charge is 2.37. The van der Waals surface area contributed by atoms with Crippen LogP contribution in [-0.4, -0.2) is 32.0 Å². The smallest absolute Gasteiger partial charge is 0.340 e. The number of pyridine rings is 1. The topological polar surface area (TPSA) is 113 Å². The molecule has 0 saturated carbocycles. The van der Waals surface area contributed by atoms with E-state index in [1.54, 1.807) is 34.9 Å². The van der Waals surface area contributed by atoms with Crippen molar-refractivity contribution in [1.82, 2.24) is 14.5 Å². The highest BCUT2D eigenvalue weighted by atomic mass is 16.6. The molecule has 0 atom stereocenters. The van der Waals surface area contributed by atoms with Gasteiger partial charge in [0, 0.05) is 18.0 Å². The maximum atomic E-state index is 12.7. The lowest BCUT2D eigenvalue weighted by molar-refractivity contribution is -0.129. The number of primary amides is 1. The lowest BCUT2D eigenvalue weighted by Crippen LogP contribution is -2.43. The fourth-order valence-electron chi connectivity index (χ4n) is 3.64. The van der Waals surface area contributed by atoms with E-state index in [4.69, 9.17) is 15.0 Å². The van der Waals surface area contributed by atoms with E-state index in [0.29, 0.717) is 22.8 Å². The van der Waals surface area contributed by atoms with E-state index in [-0.39, 0.29) is 5.56 Å². The van der Waals surface area contributed by atoms with Crippen molar-refractivity contribution < 1.29 is 18.8 Å². The summed E-state index contributed by atoms with van der Waals surface area (Å²) in [7, 11) is 0. The summed E-state index contributed by atoms with van der Waals surface area (Å²) < 4.78 is 12.6. The summed E-state index contributed by atoms with van der Waals surface area (Å²) in [5, 5.41) is 4.20. The standard InChI is InChI=1S/C24H18N4O4/c1-15-20(21(27-32-15)16-7-3-2-4-8-16)18-14-28-12-9-17(13-19(28)26-18)22(29)31-24(23(25)30)10-5-6-11-24/h2-14H,1H3,(H2,25,30). The molecule has 4 aromatic rings. The number of esters is 1. The zero-order chi connectivity index (χ0) is 22.3. The molecule has 0 fully saturated rings. The second-order valence-corrected chi connectivity index (χ2v) is 7.40. The maximum absolute atomic E-state index is 12.7. The van der Waals surface area contributed by atoms with Gasteiger partial charge >= 0.3 is 5.97 Å². The van der Waals surface area contributed by atoms with Crippen molar-refractivity contribution in [3.8, 4) is 22.5 Å². The number of hydrogen-bond donors (Lipinski definition) is 1. The molecule has 8 heteroatoms. The monoisotopic (exact) mass is 426 g/mol. The molecule has 1 aliphatic rings. The Morgan fingerprint density at radius 2 is 1.88 bits per heavy atom. The number of hydrogen-bond acceptors (Lipinski definition) is 6. The molecule has 0 unspecified atom stereocenters. The van der Waals surface area contributed by atoms with Crippen LogP contribution in [0.2, 0.25) is 0 Å². The minimum Gasteiger partial charge on any atom is -0.437 e. The average Bonchev–Trinajstić information content (AvgIpc) is 3.52. The van der Waals surface area contributed by atoms with Gasteiger partial charge in [-0.25, -0.2) is 9.78 Å². The number of imidazole rings is 1. The zero-order valence-electron chi connectivity index (χ0n) is 17.1. The van der Waals surface area contributed by atoms with Crippen LogP contribution in [0, 0.1) is 6.92 Å². The fraction of sp³-hybridized carbons (Fsp3) is 0.0833. The van der Waals surface area contributed by atoms with Gasteiger partial charge in [-0.15, -0.1) is 0 Å². The molecule has 1 amide bonds. The van der Waals surface area contributed by atoms with E-state index < -0.39 is 17.5 Å². The van der Waals surface area contributed by atoms with E-state index in [2.05, 4.69) is 10.1 Å². The highest BCUT2D eigenvalue weighted by Crippen LogP contribution is 2.34. The number of carbonyl (C=O) groups excluding carboxylic acids is 2. The molecule has 0 aliphatic heterocycles. The first-order chi connectivity index (χ1) is 15.5. The van der Waals surface area contributed by atoms with Crippen molar-refractivity contribution >= 4 is 17.5 Å². The van der Waals surface area contributed by atoms with Gasteiger partial charge in [-0.1, -0.05) is 47.6 Å². The molecule has 1 aromatic carbocycles. The van der Waals surface area contributed by atoms with Crippen LogP contribution < -0.4 is 5.73 Å². The van der Waals surface area contributed by atoms with E-state index in [1.807, 2.05) is 43.5 Å². The number of aryl methyl sites for hydroxylation is 1. The molecular weight excluding hydrogens is 408 g/mol. The van der Waals surface area contributed by atoms with E-state index >= 15 is 0 Å². The third-order valence-corrected chi connectivity index (χ3v) is 5.31. The minimum atomic E-state index is -1.58. The lowest BCUT2D eigenvalue weighted by atomic mass is 10.0. The van der Waals surface area contributed by atoms with Crippen LogP contribution in [0.3, 0.4) is 0 Å². The Morgan fingerprint density at radius 1 is 1.12 bits per heavy atom. The summed E-state index contributed by atoms with van der Waals surface area (Å²) in [4.78, 5) is 29.2. The Labute approximate surface area is 182 Å². The van der Waals surface area contributed by atoms with Gasteiger partial charge in [-0.2, -0.15) is 0 Å². The second-order valence-electron chi connectivity index (χ2n) is 7.40. The number of rotatable bonds is 5. The molecule has 5 rings (SSSR count). The van der Waals surface area contributed by atoms with Crippen molar-refractivity contribution in [2.75, 3.05) is 0 Å². The summed E-state index contributed by atoms with van der Waals surface area (Å²) in [5.74, 6) is -0.815. The molecule has 2 N–H and O–H groups in total. The van der Waals surface area contributed by atoms with E-state index in [9.17, 15) is 9.59 Å². The second kappa shape index (κ2) is 7.35. The third-order valence-electron chi connectivity index (χ3n) is 5.31. The van der Waals surface area contributed by atoms with Gasteiger partial charge in [-0.05, 0) is 31.2 Å².